The Morgan fingerprint density at radius 2 is 2.21 bits per heavy atom. The molecule has 2 aromatic rings. The highest BCUT2D eigenvalue weighted by molar-refractivity contribution is 5.87. The topological polar surface area (TPSA) is 45.4 Å². The summed E-state index contributed by atoms with van der Waals surface area (Å²) in [7, 11) is 1.87. The van der Waals surface area contributed by atoms with Gasteiger partial charge in [-0.1, -0.05) is 6.07 Å². The zero-order chi connectivity index (χ0) is 10.1. The Morgan fingerprint density at radius 1 is 1.43 bits per heavy atom. The van der Waals surface area contributed by atoms with E-state index in [-0.39, 0.29) is 5.75 Å². The average molecular weight is 191 g/mol. The lowest BCUT2D eigenvalue weighted by molar-refractivity contribution is 0.481. The van der Waals surface area contributed by atoms with E-state index < -0.39 is 0 Å². The van der Waals surface area contributed by atoms with Crippen LogP contribution in [0.1, 0.15) is 11.3 Å². The number of aryl methyl sites for hydroxylation is 1. The maximum absolute atomic E-state index is 9.65. The summed E-state index contributed by atoms with van der Waals surface area (Å²) < 4.78 is 5.60. The molecule has 0 unspecified atom stereocenters. The van der Waals surface area contributed by atoms with Gasteiger partial charge in [0, 0.05) is 5.56 Å². The zero-order valence-electron chi connectivity index (χ0n) is 8.29. The van der Waals surface area contributed by atoms with Crippen molar-refractivity contribution in [3.8, 4) is 5.75 Å². The SMILES string of the molecule is CNCc1oc2cccc(O)c2c1C. The van der Waals surface area contributed by atoms with Gasteiger partial charge in [0.25, 0.3) is 0 Å². The van der Waals surface area contributed by atoms with Crippen molar-refractivity contribution in [1.82, 2.24) is 5.32 Å². The summed E-state index contributed by atoms with van der Waals surface area (Å²) in [4.78, 5) is 0. The van der Waals surface area contributed by atoms with Gasteiger partial charge in [0.05, 0.1) is 11.9 Å². The van der Waals surface area contributed by atoms with Crippen LogP contribution in [0.15, 0.2) is 22.6 Å². The second-order valence-electron chi connectivity index (χ2n) is 3.33. The summed E-state index contributed by atoms with van der Waals surface area (Å²) in [6, 6.07) is 5.32. The molecule has 0 amide bonds. The van der Waals surface area contributed by atoms with Crippen molar-refractivity contribution in [3.63, 3.8) is 0 Å². The summed E-state index contributed by atoms with van der Waals surface area (Å²) >= 11 is 0. The van der Waals surface area contributed by atoms with E-state index in [0.717, 1.165) is 22.3 Å². The number of phenolic OH excluding ortho intramolecular Hbond substituents is 1. The van der Waals surface area contributed by atoms with Gasteiger partial charge in [-0.15, -0.1) is 0 Å². The second-order valence-corrected chi connectivity index (χ2v) is 3.33. The van der Waals surface area contributed by atoms with Crippen LogP contribution in [0.5, 0.6) is 5.75 Å². The monoisotopic (exact) mass is 191 g/mol. The molecule has 0 saturated heterocycles. The number of nitrogens with one attached hydrogen (secondary N) is 1. The van der Waals surface area contributed by atoms with Gasteiger partial charge in [-0.25, -0.2) is 0 Å². The molecule has 3 nitrogen and oxygen atoms in total. The van der Waals surface area contributed by atoms with Crippen LogP contribution in [0.2, 0.25) is 0 Å². The van der Waals surface area contributed by atoms with E-state index in [4.69, 9.17) is 4.42 Å². The molecule has 0 radical (unpaired) electrons. The van der Waals surface area contributed by atoms with Crippen molar-refractivity contribution in [2.24, 2.45) is 0 Å². The number of fused-ring (bicyclic) bond motifs is 1. The van der Waals surface area contributed by atoms with Gasteiger partial charge in [0.2, 0.25) is 0 Å². The van der Waals surface area contributed by atoms with Crippen molar-refractivity contribution in [2.45, 2.75) is 13.5 Å². The lowest BCUT2D eigenvalue weighted by Gasteiger charge is -1.95. The summed E-state index contributed by atoms with van der Waals surface area (Å²) in [5, 5.41) is 13.5. The molecule has 0 aliphatic heterocycles. The molecule has 0 aliphatic rings. The van der Waals surface area contributed by atoms with Crippen LogP contribution in [-0.2, 0) is 6.54 Å². The van der Waals surface area contributed by atoms with Crippen LogP contribution in [0.3, 0.4) is 0 Å². The molecule has 14 heavy (non-hydrogen) atoms. The first-order valence-electron chi connectivity index (χ1n) is 4.58. The molecule has 2 N–H and O–H groups in total. The van der Waals surface area contributed by atoms with Crippen molar-refractivity contribution < 1.29 is 9.52 Å². The molecule has 0 fully saturated rings. The lowest BCUT2D eigenvalue weighted by Crippen LogP contribution is -2.04. The van der Waals surface area contributed by atoms with E-state index >= 15 is 0 Å². The first kappa shape index (κ1) is 9.09. The first-order chi connectivity index (χ1) is 6.74. The quantitative estimate of drug-likeness (QED) is 0.764. The number of aromatic hydroxyl groups is 1. The molecule has 1 aromatic carbocycles. The van der Waals surface area contributed by atoms with Gasteiger partial charge in [-0.2, -0.15) is 0 Å². The molecule has 0 saturated carbocycles. The highest BCUT2D eigenvalue weighted by atomic mass is 16.3. The number of hydrogen-bond acceptors (Lipinski definition) is 3. The second kappa shape index (κ2) is 3.35. The van der Waals surface area contributed by atoms with Gasteiger partial charge in [0.1, 0.15) is 17.1 Å². The Bertz CT molecular complexity index is 460. The fourth-order valence-electron chi connectivity index (χ4n) is 1.66. The van der Waals surface area contributed by atoms with Crippen molar-refractivity contribution in [2.75, 3.05) is 7.05 Å². The smallest absolute Gasteiger partial charge is 0.138 e. The lowest BCUT2D eigenvalue weighted by atomic mass is 10.1. The van der Waals surface area contributed by atoms with Crippen LogP contribution in [0.4, 0.5) is 0 Å². The molecule has 0 spiro atoms. The molecule has 2 rings (SSSR count). The van der Waals surface area contributed by atoms with Crippen LogP contribution in [-0.4, -0.2) is 12.2 Å². The molecule has 1 aromatic heterocycles. The van der Waals surface area contributed by atoms with Gasteiger partial charge in [-0.3, -0.25) is 0 Å². The summed E-state index contributed by atoms with van der Waals surface area (Å²) in [6.45, 7) is 2.64. The number of furan rings is 1. The molecular weight excluding hydrogens is 178 g/mol. The zero-order valence-corrected chi connectivity index (χ0v) is 8.29. The molecule has 0 atom stereocenters. The third-order valence-electron chi connectivity index (χ3n) is 2.37. The third kappa shape index (κ3) is 1.26. The fraction of sp³-hybridized carbons (Fsp3) is 0.273. The normalized spacial score (nSPS) is 11.0. The van der Waals surface area contributed by atoms with E-state index in [1.807, 2.05) is 20.0 Å². The van der Waals surface area contributed by atoms with Gasteiger partial charge < -0.3 is 14.8 Å². The van der Waals surface area contributed by atoms with Gasteiger partial charge in [0.15, 0.2) is 0 Å². The average Bonchev–Trinajstić information content (AvgIpc) is 2.46. The summed E-state index contributed by atoms with van der Waals surface area (Å²) in [5.41, 5.74) is 1.75. The maximum atomic E-state index is 9.65. The largest absolute Gasteiger partial charge is 0.507 e. The Kier molecular flexibility index (Phi) is 2.17. The number of rotatable bonds is 2. The predicted octanol–water partition coefficient (Wildman–Crippen LogP) is 2.17. The van der Waals surface area contributed by atoms with Gasteiger partial charge in [-0.05, 0) is 26.1 Å². The molecule has 3 heteroatoms. The Balaban J connectivity index is 2.68. The van der Waals surface area contributed by atoms with E-state index in [0.29, 0.717) is 6.54 Å². The van der Waals surface area contributed by atoms with Crippen molar-refractivity contribution in [1.29, 1.82) is 0 Å². The van der Waals surface area contributed by atoms with E-state index in [1.165, 1.54) is 0 Å². The molecule has 0 aliphatic carbocycles. The van der Waals surface area contributed by atoms with Crippen molar-refractivity contribution >= 4 is 11.0 Å². The van der Waals surface area contributed by atoms with Crippen LogP contribution in [0.25, 0.3) is 11.0 Å². The minimum absolute atomic E-state index is 0.283. The van der Waals surface area contributed by atoms with Crippen molar-refractivity contribution in [3.05, 3.63) is 29.5 Å². The van der Waals surface area contributed by atoms with E-state index in [2.05, 4.69) is 5.32 Å². The number of hydrogen-bond donors (Lipinski definition) is 2. The molecular formula is C11H13NO2. The fourth-order valence-corrected chi connectivity index (χ4v) is 1.66. The summed E-state index contributed by atoms with van der Waals surface area (Å²) in [6.07, 6.45) is 0. The highest BCUT2D eigenvalue weighted by Gasteiger charge is 2.12. The van der Waals surface area contributed by atoms with Gasteiger partial charge >= 0.3 is 0 Å². The molecule has 0 bridgehead atoms. The van der Waals surface area contributed by atoms with E-state index in [1.54, 1.807) is 12.1 Å². The van der Waals surface area contributed by atoms with E-state index in [9.17, 15) is 5.11 Å². The van der Waals surface area contributed by atoms with Crippen LogP contribution in [0, 0.1) is 6.92 Å². The maximum Gasteiger partial charge on any atom is 0.138 e. The first-order valence-corrected chi connectivity index (χ1v) is 4.58. The molecule has 1 heterocycles. The Labute approximate surface area is 82.3 Å². The molecule has 74 valence electrons. The number of benzene rings is 1. The van der Waals surface area contributed by atoms with Crippen LogP contribution >= 0.6 is 0 Å². The Hall–Kier alpha value is -1.48. The number of phenols is 1. The predicted molar refractivity (Wildman–Crippen MR) is 55.4 cm³/mol. The minimum atomic E-state index is 0.283. The van der Waals surface area contributed by atoms with Crippen LogP contribution < -0.4 is 5.32 Å². The minimum Gasteiger partial charge on any atom is -0.507 e. The third-order valence-corrected chi connectivity index (χ3v) is 2.37. The Morgan fingerprint density at radius 3 is 2.86 bits per heavy atom. The highest BCUT2D eigenvalue weighted by Crippen LogP contribution is 2.31. The summed E-state index contributed by atoms with van der Waals surface area (Å²) in [5.74, 6) is 1.16. The standard InChI is InChI=1S/C11H13NO2/c1-7-10(6-12-2)14-9-5-3-4-8(13)11(7)9/h3-5,12-13H,6H2,1-2H3.